The van der Waals surface area contributed by atoms with Gasteiger partial charge in [0.2, 0.25) is 0 Å². The van der Waals surface area contributed by atoms with E-state index < -0.39 is 5.82 Å². The van der Waals surface area contributed by atoms with E-state index in [1.54, 1.807) is 12.1 Å². The van der Waals surface area contributed by atoms with Crippen molar-refractivity contribution in [2.75, 3.05) is 57.1 Å². The Hall–Kier alpha value is -2.83. The fourth-order valence-electron chi connectivity index (χ4n) is 5.38. The average Bonchev–Trinajstić information content (AvgIpc) is 3.51. The van der Waals surface area contributed by atoms with Crippen LogP contribution in [-0.2, 0) is 0 Å². The van der Waals surface area contributed by atoms with Crippen LogP contribution in [0.3, 0.4) is 0 Å². The van der Waals surface area contributed by atoms with Crippen LogP contribution < -0.4 is 20.7 Å². The van der Waals surface area contributed by atoms with Crippen molar-refractivity contribution in [1.29, 1.82) is 0 Å². The number of aromatic nitrogens is 3. The van der Waals surface area contributed by atoms with Gasteiger partial charge in [0, 0.05) is 48.2 Å². The van der Waals surface area contributed by atoms with Crippen LogP contribution in [0.15, 0.2) is 24.3 Å². The first kappa shape index (κ1) is 25.4. The Balaban J connectivity index is 1.50. The summed E-state index contributed by atoms with van der Waals surface area (Å²) in [4.78, 5) is 18.0. The molecule has 0 amide bonds. The molecule has 2 aliphatic rings. The average molecular weight is 558 g/mol. The van der Waals surface area contributed by atoms with Crippen molar-refractivity contribution in [3.8, 4) is 17.1 Å². The number of thiazole rings is 1. The number of halogens is 2. The first-order chi connectivity index (χ1) is 18.4. The minimum atomic E-state index is -0.563. The highest BCUT2D eigenvalue weighted by Gasteiger charge is 2.28. The summed E-state index contributed by atoms with van der Waals surface area (Å²) in [5.41, 5.74) is 7.45. The van der Waals surface area contributed by atoms with E-state index in [0.29, 0.717) is 53.7 Å². The summed E-state index contributed by atoms with van der Waals surface area (Å²) < 4.78 is 23.4. The number of ether oxygens (including phenoxy) is 1. The van der Waals surface area contributed by atoms with Crippen LogP contribution in [0.5, 0.6) is 6.01 Å². The quantitative estimate of drug-likeness (QED) is 0.328. The van der Waals surface area contributed by atoms with Gasteiger partial charge in [-0.3, -0.25) is 0 Å². The molecular weight excluding hydrogens is 529 g/mol. The molecule has 2 fully saturated rings. The number of para-hydroxylation sites is 1. The molecule has 4 aromatic rings. The third kappa shape index (κ3) is 4.62. The zero-order valence-corrected chi connectivity index (χ0v) is 22.5. The Bertz CT molecular complexity index is 1500. The smallest absolute Gasteiger partial charge is 0.319 e. The molecule has 2 saturated heterocycles. The Morgan fingerprint density at radius 1 is 1.26 bits per heavy atom. The maximum Gasteiger partial charge on any atom is 0.319 e. The second-order valence-electron chi connectivity index (χ2n) is 9.85. The summed E-state index contributed by atoms with van der Waals surface area (Å²) in [5.74, 6) is -0.0277. The lowest BCUT2D eigenvalue weighted by atomic mass is 10.0. The van der Waals surface area contributed by atoms with Gasteiger partial charge in [0.1, 0.15) is 17.9 Å². The molecule has 4 N–H and O–H groups in total. The molecule has 38 heavy (non-hydrogen) atoms. The van der Waals surface area contributed by atoms with Crippen LogP contribution in [0.1, 0.15) is 12.8 Å². The van der Waals surface area contributed by atoms with Crippen LogP contribution >= 0.6 is 22.9 Å². The van der Waals surface area contributed by atoms with Crippen molar-refractivity contribution in [3.05, 3.63) is 35.1 Å². The van der Waals surface area contributed by atoms with Gasteiger partial charge in [0.25, 0.3) is 0 Å². The van der Waals surface area contributed by atoms with E-state index in [1.165, 1.54) is 11.3 Å². The topological polar surface area (TPSA) is 113 Å². The maximum absolute atomic E-state index is 16.5. The van der Waals surface area contributed by atoms with E-state index in [2.05, 4.69) is 27.2 Å². The standard InChI is InChI=1S/C26H29ClFN7O2S/c1-34-8-3-4-15(34)13-37-26-32-23-17(24(33-26)35-9-7-30-14(11-35)12-36)10-18(27)20(21(23)28)16-5-2-6-19-22(16)31-25(29)38-19/h2,5-6,10,14-15,30,36H,3-4,7-9,11-13H2,1H3,(H2,29,31)/t14?,15-/m0/s1. The summed E-state index contributed by atoms with van der Waals surface area (Å²) in [5, 5.41) is 14.2. The third-order valence-corrected chi connectivity index (χ3v) is 8.55. The van der Waals surface area contributed by atoms with Crippen molar-refractivity contribution in [3.63, 3.8) is 0 Å². The van der Waals surface area contributed by atoms with E-state index in [4.69, 9.17) is 27.1 Å². The number of rotatable bonds is 6. The van der Waals surface area contributed by atoms with Gasteiger partial charge >= 0.3 is 6.01 Å². The minimum Gasteiger partial charge on any atom is -0.462 e. The van der Waals surface area contributed by atoms with Gasteiger partial charge in [0.05, 0.1) is 21.8 Å². The first-order valence-electron chi connectivity index (χ1n) is 12.7. The van der Waals surface area contributed by atoms with Gasteiger partial charge in [-0.2, -0.15) is 9.97 Å². The number of likely N-dealkylation sites (tertiary alicyclic amines) is 1. The van der Waals surface area contributed by atoms with Gasteiger partial charge in [0.15, 0.2) is 10.9 Å². The van der Waals surface area contributed by atoms with Crippen molar-refractivity contribution in [1.82, 2.24) is 25.2 Å². The summed E-state index contributed by atoms with van der Waals surface area (Å²) in [7, 11) is 2.07. The minimum absolute atomic E-state index is 0.0169. The van der Waals surface area contributed by atoms with Crippen molar-refractivity contribution >= 4 is 55.0 Å². The lowest BCUT2D eigenvalue weighted by Gasteiger charge is -2.34. The highest BCUT2D eigenvalue weighted by molar-refractivity contribution is 7.22. The monoisotopic (exact) mass is 557 g/mol. The van der Waals surface area contributed by atoms with Crippen LogP contribution in [0.4, 0.5) is 15.3 Å². The number of likely N-dealkylation sites (N-methyl/N-ethyl adjacent to an activating group) is 1. The Morgan fingerprint density at radius 2 is 2.13 bits per heavy atom. The third-order valence-electron chi connectivity index (χ3n) is 7.40. The lowest BCUT2D eigenvalue weighted by Crippen LogP contribution is -2.52. The molecule has 4 heterocycles. The van der Waals surface area contributed by atoms with Gasteiger partial charge in [-0.05, 0) is 38.6 Å². The molecule has 0 radical (unpaired) electrons. The largest absolute Gasteiger partial charge is 0.462 e. The molecule has 2 aromatic heterocycles. The predicted molar refractivity (Wildman–Crippen MR) is 150 cm³/mol. The van der Waals surface area contributed by atoms with Crippen molar-refractivity contribution < 1.29 is 14.2 Å². The van der Waals surface area contributed by atoms with Gasteiger partial charge < -0.3 is 30.7 Å². The lowest BCUT2D eigenvalue weighted by molar-refractivity contribution is 0.188. The number of nitrogens with zero attached hydrogens (tertiary/aromatic N) is 5. The second kappa shape index (κ2) is 10.4. The molecule has 12 heteroatoms. The zero-order valence-electron chi connectivity index (χ0n) is 21.0. The van der Waals surface area contributed by atoms with Crippen LogP contribution in [0.2, 0.25) is 5.02 Å². The van der Waals surface area contributed by atoms with Crippen LogP contribution in [0, 0.1) is 5.82 Å². The van der Waals surface area contributed by atoms with E-state index in [1.807, 2.05) is 17.0 Å². The Morgan fingerprint density at radius 3 is 2.92 bits per heavy atom. The molecule has 1 unspecified atom stereocenters. The number of nitrogens with two attached hydrogens (primary N) is 1. The number of piperazine rings is 1. The van der Waals surface area contributed by atoms with E-state index in [9.17, 15) is 5.11 Å². The number of aliphatic hydroxyl groups is 1. The zero-order chi connectivity index (χ0) is 26.4. The highest BCUT2D eigenvalue weighted by atomic mass is 35.5. The molecule has 2 aliphatic heterocycles. The number of hydrogen-bond acceptors (Lipinski definition) is 10. The number of nitrogen functional groups attached to an aromatic ring is 1. The number of hydrogen-bond donors (Lipinski definition) is 3. The predicted octanol–water partition coefficient (Wildman–Crippen LogP) is 3.52. The van der Waals surface area contributed by atoms with Gasteiger partial charge in [-0.1, -0.05) is 35.1 Å². The molecule has 0 bridgehead atoms. The summed E-state index contributed by atoms with van der Waals surface area (Å²) >= 11 is 8.10. The molecular formula is C26H29ClFN7O2S. The Kier molecular flexibility index (Phi) is 6.95. The molecule has 200 valence electrons. The molecule has 0 saturated carbocycles. The van der Waals surface area contributed by atoms with E-state index in [-0.39, 0.29) is 40.8 Å². The van der Waals surface area contributed by atoms with E-state index >= 15 is 4.39 Å². The fourth-order valence-corrected chi connectivity index (χ4v) is 6.44. The maximum atomic E-state index is 16.5. The molecule has 9 nitrogen and oxygen atoms in total. The molecule has 2 atom stereocenters. The van der Waals surface area contributed by atoms with Crippen molar-refractivity contribution in [2.45, 2.75) is 24.9 Å². The van der Waals surface area contributed by atoms with Gasteiger partial charge in [-0.15, -0.1) is 0 Å². The molecule has 0 spiro atoms. The summed E-state index contributed by atoms with van der Waals surface area (Å²) in [6, 6.07) is 7.48. The van der Waals surface area contributed by atoms with Crippen molar-refractivity contribution in [2.24, 2.45) is 0 Å². The van der Waals surface area contributed by atoms with Crippen LogP contribution in [-0.4, -0.2) is 83.5 Å². The number of nitrogens with one attached hydrogen (secondary N) is 1. The summed E-state index contributed by atoms with van der Waals surface area (Å²) in [6.45, 7) is 3.21. The SMILES string of the molecule is CN1CCC[C@H]1COc1nc(N2CCNC(CO)C2)c2cc(Cl)c(-c3cccc4sc(N)nc34)c(F)c2n1. The highest BCUT2D eigenvalue weighted by Crippen LogP contribution is 2.42. The summed E-state index contributed by atoms with van der Waals surface area (Å²) in [6.07, 6.45) is 2.14. The first-order valence-corrected chi connectivity index (χ1v) is 13.9. The Labute approximate surface area is 228 Å². The second-order valence-corrected chi connectivity index (χ2v) is 11.3. The number of benzene rings is 2. The van der Waals surface area contributed by atoms with Gasteiger partial charge in [-0.25, -0.2) is 9.37 Å². The molecule has 6 rings (SSSR count). The number of aliphatic hydroxyl groups excluding tert-OH is 1. The molecule has 0 aliphatic carbocycles. The van der Waals surface area contributed by atoms with Crippen LogP contribution in [0.25, 0.3) is 32.2 Å². The number of anilines is 2. The fraction of sp³-hybridized carbons (Fsp3) is 0.423. The number of fused-ring (bicyclic) bond motifs is 2. The van der Waals surface area contributed by atoms with E-state index in [0.717, 1.165) is 24.1 Å². The normalized spacial score (nSPS) is 20.6. The molecule has 2 aromatic carbocycles.